The molecule has 2 aromatic heterocycles. The van der Waals surface area contributed by atoms with E-state index in [2.05, 4.69) is 24.1 Å². The van der Waals surface area contributed by atoms with Crippen LogP contribution in [0.25, 0.3) is 5.65 Å². The Kier molecular flexibility index (Phi) is 5.45. The number of ether oxygens (including phenoxy) is 1. The molecule has 6 rings (SSSR count). The predicted octanol–water partition coefficient (Wildman–Crippen LogP) is 1.94. The zero-order valence-electron chi connectivity index (χ0n) is 18.9. The van der Waals surface area contributed by atoms with Gasteiger partial charge in [-0.3, -0.25) is 14.0 Å². The first-order valence-corrected chi connectivity index (χ1v) is 11.8. The van der Waals surface area contributed by atoms with Gasteiger partial charge in [0.25, 0.3) is 11.8 Å². The molecule has 2 amide bonds. The molecule has 3 N–H and O–H groups in total. The van der Waals surface area contributed by atoms with Gasteiger partial charge in [-0.05, 0) is 54.6 Å². The Morgan fingerprint density at radius 3 is 2.91 bits per heavy atom. The minimum Gasteiger partial charge on any atom is -0.373 e. The molecule has 32 heavy (non-hydrogen) atoms. The van der Waals surface area contributed by atoms with E-state index in [-0.39, 0.29) is 17.9 Å². The van der Waals surface area contributed by atoms with Crippen molar-refractivity contribution in [2.45, 2.75) is 39.2 Å². The molecule has 172 valence electrons. The highest BCUT2D eigenvalue weighted by molar-refractivity contribution is 5.95. The molecule has 1 saturated heterocycles. The number of aromatic nitrogens is 2. The van der Waals surface area contributed by atoms with Crippen molar-refractivity contribution in [3.63, 3.8) is 0 Å². The number of rotatable bonds is 5. The third-order valence-electron chi connectivity index (χ3n) is 8.16. The Bertz CT molecular complexity index is 1030. The summed E-state index contributed by atoms with van der Waals surface area (Å²) in [4.78, 5) is 32.3. The fourth-order valence-electron chi connectivity index (χ4n) is 6.03. The smallest absolute Gasteiger partial charge is 0.274 e. The Balaban J connectivity index is 1.30. The van der Waals surface area contributed by atoms with Gasteiger partial charge in [0.15, 0.2) is 0 Å². The van der Waals surface area contributed by atoms with E-state index < -0.39 is 0 Å². The molecule has 4 aliphatic rings. The van der Waals surface area contributed by atoms with Gasteiger partial charge in [0.05, 0.1) is 12.7 Å². The number of morpholine rings is 1. The highest BCUT2D eigenvalue weighted by Gasteiger charge is 2.53. The maximum Gasteiger partial charge on any atom is 0.274 e. The van der Waals surface area contributed by atoms with Crippen molar-refractivity contribution in [3.8, 4) is 0 Å². The Labute approximate surface area is 188 Å². The monoisotopic (exact) mass is 439 g/mol. The van der Waals surface area contributed by atoms with Crippen LogP contribution >= 0.6 is 0 Å². The Morgan fingerprint density at radius 2 is 2.16 bits per heavy atom. The van der Waals surface area contributed by atoms with E-state index in [1.807, 2.05) is 12.1 Å². The number of nitrogens with zero attached hydrogens (tertiary/aromatic N) is 3. The lowest BCUT2D eigenvalue weighted by molar-refractivity contribution is -0.103. The molecule has 4 atom stereocenters. The number of amides is 2. The summed E-state index contributed by atoms with van der Waals surface area (Å²) in [5.74, 6) is 1.80. The summed E-state index contributed by atoms with van der Waals surface area (Å²) in [6.07, 6.45) is 5.26. The average molecular weight is 440 g/mol. The van der Waals surface area contributed by atoms with Gasteiger partial charge in [-0.2, -0.15) is 0 Å². The summed E-state index contributed by atoms with van der Waals surface area (Å²) >= 11 is 0. The number of hydrogen-bond acceptors (Lipinski definition) is 5. The lowest BCUT2D eigenvalue weighted by atomic mass is 9.45. The molecule has 8 nitrogen and oxygen atoms in total. The van der Waals surface area contributed by atoms with Gasteiger partial charge >= 0.3 is 0 Å². The van der Waals surface area contributed by atoms with E-state index >= 15 is 0 Å². The first-order chi connectivity index (χ1) is 15.4. The Hall–Kier alpha value is -2.45. The fraction of sp³-hybridized carbons (Fsp3) is 0.625. The number of fused-ring (bicyclic) bond motifs is 3. The van der Waals surface area contributed by atoms with E-state index in [0.29, 0.717) is 67.1 Å². The Morgan fingerprint density at radius 1 is 1.31 bits per heavy atom. The van der Waals surface area contributed by atoms with Crippen molar-refractivity contribution in [3.05, 3.63) is 35.8 Å². The topological polar surface area (TPSA) is 102 Å². The molecule has 1 aliphatic heterocycles. The van der Waals surface area contributed by atoms with Gasteiger partial charge in [0.1, 0.15) is 17.0 Å². The van der Waals surface area contributed by atoms with Crippen LogP contribution in [0.1, 0.15) is 54.1 Å². The van der Waals surface area contributed by atoms with Gasteiger partial charge in [-0.25, -0.2) is 4.98 Å². The minimum absolute atomic E-state index is 0.124. The highest BCUT2D eigenvalue weighted by Crippen LogP contribution is 2.61. The first-order valence-electron chi connectivity index (χ1n) is 11.8. The van der Waals surface area contributed by atoms with Crippen molar-refractivity contribution < 1.29 is 14.3 Å². The molecule has 3 saturated carbocycles. The normalized spacial score (nSPS) is 28.9. The first kappa shape index (κ1) is 21.4. The molecule has 0 radical (unpaired) electrons. The second-order valence-electron chi connectivity index (χ2n) is 10.2. The van der Waals surface area contributed by atoms with Gasteiger partial charge < -0.3 is 20.7 Å². The molecule has 3 aliphatic carbocycles. The van der Waals surface area contributed by atoms with E-state index in [0.717, 1.165) is 5.92 Å². The number of hydrogen-bond donors (Lipinski definition) is 2. The number of nitrogens with two attached hydrogens (primary N) is 1. The zero-order chi connectivity index (χ0) is 22.5. The summed E-state index contributed by atoms with van der Waals surface area (Å²) in [5.41, 5.74) is 7.52. The summed E-state index contributed by atoms with van der Waals surface area (Å²) in [6.45, 7) is 7.24. The molecule has 0 spiro atoms. The minimum atomic E-state index is -0.161. The van der Waals surface area contributed by atoms with Gasteiger partial charge in [0, 0.05) is 32.4 Å². The van der Waals surface area contributed by atoms with Crippen LogP contribution in [0.2, 0.25) is 0 Å². The van der Waals surface area contributed by atoms with E-state index in [9.17, 15) is 9.59 Å². The van der Waals surface area contributed by atoms with E-state index in [1.54, 1.807) is 21.6 Å². The third kappa shape index (κ3) is 3.59. The SMILES string of the molecule is CC1(C)[C@H]2CC[C@@H](CNC(=O)c3cccc4nc(C(=O)N5CCOC(CN)C5)cn34)[C@@H]1C2. The predicted molar refractivity (Wildman–Crippen MR) is 120 cm³/mol. The summed E-state index contributed by atoms with van der Waals surface area (Å²) in [7, 11) is 0. The van der Waals surface area contributed by atoms with Gasteiger partial charge in [0.2, 0.25) is 0 Å². The average Bonchev–Trinajstić information content (AvgIpc) is 3.26. The van der Waals surface area contributed by atoms with Crippen LogP contribution in [0.15, 0.2) is 24.4 Å². The molecule has 4 fully saturated rings. The molecule has 1 unspecified atom stereocenters. The largest absolute Gasteiger partial charge is 0.373 e. The highest BCUT2D eigenvalue weighted by atomic mass is 16.5. The fourth-order valence-corrected chi connectivity index (χ4v) is 6.03. The van der Waals surface area contributed by atoms with Crippen LogP contribution in [0.5, 0.6) is 0 Å². The molecule has 8 heteroatoms. The van der Waals surface area contributed by atoms with Crippen molar-refractivity contribution in [1.82, 2.24) is 19.6 Å². The second kappa shape index (κ2) is 8.15. The molecule has 2 aromatic rings. The lowest BCUT2D eigenvalue weighted by Crippen LogP contribution is -2.54. The summed E-state index contributed by atoms with van der Waals surface area (Å²) in [6, 6.07) is 5.40. The molecule has 0 aromatic carbocycles. The standard InChI is InChI=1S/C24H33N5O3/c1-24(2)16-7-6-15(18(24)10-16)12-26-22(30)20-4-3-5-21-27-19(14-29(20)21)23(31)28-8-9-32-17(11-25)13-28/h3-5,14-18H,6-13,25H2,1-2H3,(H,26,30)/t15-,16-,17?,18-/m0/s1. The van der Waals surface area contributed by atoms with Crippen LogP contribution in [0.4, 0.5) is 0 Å². The molecule has 2 bridgehead atoms. The van der Waals surface area contributed by atoms with E-state index in [4.69, 9.17) is 10.5 Å². The molecular weight excluding hydrogens is 406 g/mol. The number of imidazole rings is 1. The van der Waals surface area contributed by atoms with Crippen LogP contribution in [-0.2, 0) is 4.74 Å². The van der Waals surface area contributed by atoms with Crippen molar-refractivity contribution >= 4 is 17.5 Å². The van der Waals surface area contributed by atoms with Gasteiger partial charge in [-0.15, -0.1) is 0 Å². The molecule has 3 heterocycles. The second-order valence-corrected chi connectivity index (χ2v) is 10.2. The van der Waals surface area contributed by atoms with Crippen LogP contribution in [0.3, 0.4) is 0 Å². The maximum absolute atomic E-state index is 13.1. The van der Waals surface area contributed by atoms with Gasteiger partial charge in [-0.1, -0.05) is 19.9 Å². The number of nitrogens with one attached hydrogen (secondary N) is 1. The van der Waals surface area contributed by atoms with Crippen LogP contribution in [0, 0.1) is 23.2 Å². The maximum atomic E-state index is 13.1. The number of carbonyl (C=O) groups excluding carboxylic acids is 2. The van der Waals surface area contributed by atoms with Crippen LogP contribution in [-0.4, -0.2) is 65.0 Å². The van der Waals surface area contributed by atoms with Crippen LogP contribution < -0.4 is 11.1 Å². The van der Waals surface area contributed by atoms with Crippen molar-refractivity contribution in [2.75, 3.05) is 32.8 Å². The van der Waals surface area contributed by atoms with Crippen molar-refractivity contribution in [1.29, 1.82) is 0 Å². The van der Waals surface area contributed by atoms with Crippen molar-refractivity contribution in [2.24, 2.45) is 28.9 Å². The summed E-state index contributed by atoms with van der Waals surface area (Å²) < 4.78 is 7.27. The molecular formula is C24H33N5O3. The number of pyridine rings is 1. The lowest BCUT2D eigenvalue weighted by Gasteiger charge is -2.60. The zero-order valence-corrected chi connectivity index (χ0v) is 18.9. The van der Waals surface area contributed by atoms with E-state index in [1.165, 1.54) is 19.3 Å². The third-order valence-corrected chi connectivity index (χ3v) is 8.16. The number of carbonyl (C=O) groups is 2. The summed E-state index contributed by atoms with van der Waals surface area (Å²) in [5, 5.41) is 3.16. The quantitative estimate of drug-likeness (QED) is 0.741.